The van der Waals surface area contributed by atoms with E-state index in [0.29, 0.717) is 27.9 Å². The molecule has 0 bridgehead atoms. The molecule has 1 heterocycles. The van der Waals surface area contributed by atoms with Crippen LogP contribution in [0.3, 0.4) is 0 Å². The van der Waals surface area contributed by atoms with Gasteiger partial charge in [-0.05, 0) is 37.1 Å². The van der Waals surface area contributed by atoms with Gasteiger partial charge in [-0.3, -0.25) is 4.90 Å². The summed E-state index contributed by atoms with van der Waals surface area (Å²) >= 11 is 9.57. The van der Waals surface area contributed by atoms with E-state index in [2.05, 4.69) is 27.8 Å². The Morgan fingerprint density at radius 1 is 1.53 bits per heavy atom. The molecule has 94 valence electrons. The van der Waals surface area contributed by atoms with Crippen LogP contribution in [0.25, 0.3) is 0 Å². The van der Waals surface area contributed by atoms with Gasteiger partial charge in [-0.25, -0.2) is 4.39 Å². The summed E-state index contributed by atoms with van der Waals surface area (Å²) in [4.78, 5) is 2.77. The van der Waals surface area contributed by atoms with E-state index in [4.69, 9.17) is 11.6 Å². The van der Waals surface area contributed by atoms with Crippen molar-refractivity contribution in [3.8, 4) is 0 Å². The van der Waals surface area contributed by atoms with Crippen molar-refractivity contribution in [1.29, 1.82) is 0 Å². The molecule has 2 unspecified atom stereocenters. The maximum absolute atomic E-state index is 13.6. The highest BCUT2D eigenvalue weighted by molar-refractivity contribution is 9.09. The van der Waals surface area contributed by atoms with Crippen LogP contribution in [0, 0.1) is 11.7 Å². The summed E-state index contributed by atoms with van der Waals surface area (Å²) in [5.74, 6) is 0.523. The minimum atomic E-state index is -0.167. The standard InChI is InChI=1S/C13H16BrClFN/c1-9-4-5-17(8-12(9)14)7-10-6-11(15)2-3-13(10)16/h2-3,6,9,12H,4-5,7-8H2,1H3. The molecule has 0 radical (unpaired) electrons. The molecule has 1 saturated heterocycles. The lowest BCUT2D eigenvalue weighted by Gasteiger charge is -2.34. The average molecular weight is 321 g/mol. The predicted molar refractivity (Wildman–Crippen MR) is 73.2 cm³/mol. The molecule has 2 atom stereocenters. The fraction of sp³-hybridized carbons (Fsp3) is 0.538. The second kappa shape index (κ2) is 5.68. The summed E-state index contributed by atoms with van der Waals surface area (Å²) in [5, 5.41) is 0.599. The van der Waals surface area contributed by atoms with Gasteiger partial charge in [0.15, 0.2) is 0 Å². The number of benzene rings is 1. The van der Waals surface area contributed by atoms with Gasteiger partial charge in [0.1, 0.15) is 5.82 Å². The maximum Gasteiger partial charge on any atom is 0.127 e. The van der Waals surface area contributed by atoms with Crippen molar-refractivity contribution in [2.24, 2.45) is 5.92 Å². The van der Waals surface area contributed by atoms with Gasteiger partial charge in [-0.1, -0.05) is 34.5 Å². The zero-order valence-corrected chi connectivity index (χ0v) is 12.1. The Hall–Kier alpha value is -0.120. The SMILES string of the molecule is CC1CCN(Cc2cc(Cl)ccc2F)CC1Br. The molecule has 1 aromatic carbocycles. The van der Waals surface area contributed by atoms with Crippen molar-refractivity contribution >= 4 is 27.5 Å². The van der Waals surface area contributed by atoms with E-state index in [9.17, 15) is 4.39 Å². The minimum absolute atomic E-state index is 0.167. The molecule has 1 nitrogen and oxygen atoms in total. The Labute approximate surface area is 115 Å². The molecule has 1 aromatic rings. The number of rotatable bonds is 2. The first-order valence-electron chi connectivity index (χ1n) is 5.86. The van der Waals surface area contributed by atoms with Gasteiger partial charge < -0.3 is 0 Å². The summed E-state index contributed by atoms with van der Waals surface area (Å²) in [6.07, 6.45) is 1.15. The zero-order valence-electron chi connectivity index (χ0n) is 9.80. The van der Waals surface area contributed by atoms with Crippen LogP contribution in [-0.4, -0.2) is 22.8 Å². The molecule has 1 aliphatic heterocycles. The lowest BCUT2D eigenvalue weighted by Crippen LogP contribution is -2.39. The molecule has 0 aliphatic carbocycles. The van der Waals surface area contributed by atoms with Crippen LogP contribution in [-0.2, 0) is 6.54 Å². The van der Waals surface area contributed by atoms with Crippen LogP contribution in [0.5, 0.6) is 0 Å². The van der Waals surface area contributed by atoms with E-state index in [1.54, 1.807) is 12.1 Å². The van der Waals surface area contributed by atoms with Gasteiger partial charge >= 0.3 is 0 Å². The number of hydrogen-bond donors (Lipinski definition) is 0. The van der Waals surface area contributed by atoms with Crippen molar-refractivity contribution in [3.63, 3.8) is 0 Å². The average Bonchev–Trinajstić information content (AvgIpc) is 2.29. The lowest BCUT2D eigenvalue weighted by atomic mass is 9.98. The number of alkyl halides is 1. The fourth-order valence-corrected chi connectivity index (χ4v) is 3.00. The Kier molecular flexibility index (Phi) is 4.45. The normalized spacial score (nSPS) is 26.1. The maximum atomic E-state index is 13.6. The van der Waals surface area contributed by atoms with Crippen molar-refractivity contribution in [3.05, 3.63) is 34.6 Å². The third-order valence-corrected chi connectivity index (χ3v) is 4.78. The Morgan fingerprint density at radius 3 is 3.00 bits per heavy atom. The largest absolute Gasteiger partial charge is 0.298 e. The van der Waals surface area contributed by atoms with E-state index < -0.39 is 0 Å². The van der Waals surface area contributed by atoms with Crippen LogP contribution in [0.4, 0.5) is 4.39 Å². The molecule has 0 spiro atoms. The summed E-state index contributed by atoms with van der Waals surface area (Å²) < 4.78 is 13.6. The predicted octanol–water partition coefficient (Wildman–Crippen LogP) is 4.08. The quantitative estimate of drug-likeness (QED) is 0.742. The van der Waals surface area contributed by atoms with Crippen molar-refractivity contribution in [2.75, 3.05) is 13.1 Å². The molecule has 0 amide bonds. The Morgan fingerprint density at radius 2 is 2.29 bits per heavy atom. The smallest absolute Gasteiger partial charge is 0.127 e. The van der Waals surface area contributed by atoms with E-state index in [1.807, 2.05) is 0 Å². The van der Waals surface area contributed by atoms with E-state index in [0.717, 1.165) is 19.5 Å². The molecule has 0 aromatic heterocycles. The van der Waals surface area contributed by atoms with E-state index in [-0.39, 0.29) is 5.82 Å². The van der Waals surface area contributed by atoms with E-state index >= 15 is 0 Å². The molecule has 17 heavy (non-hydrogen) atoms. The summed E-state index contributed by atoms with van der Waals surface area (Å²) in [5.41, 5.74) is 0.687. The Balaban J connectivity index is 2.03. The van der Waals surface area contributed by atoms with Gasteiger partial charge in [0.25, 0.3) is 0 Å². The molecular formula is C13H16BrClFN. The first-order chi connectivity index (χ1) is 8.06. The van der Waals surface area contributed by atoms with Gasteiger partial charge in [0.2, 0.25) is 0 Å². The van der Waals surface area contributed by atoms with Crippen molar-refractivity contribution < 1.29 is 4.39 Å². The summed E-state index contributed by atoms with van der Waals surface area (Å²) in [6, 6.07) is 4.75. The topological polar surface area (TPSA) is 3.24 Å². The molecule has 1 fully saturated rings. The monoisotopic (exact) mass is 319 g/mol. The number of piperidine rings is 1. The minimum Gasteiger partial charge on any atom is -0.298 e. The Bertz CT molecular complexity index is 399. The van der Waals surface area contributed by atoms with Crippen LogP contribution < -0.4 is 0 Å². The second-order valence-corrected chi connectivity index (χ2v) is 6.37. The van der Waals surface area contributed by atoms with Gasteiger partial charge in [0.05, 0.1) is 0 Å². The molecule has 1 aliphatic rings. The zero-order chi connectivity index (χ0) is 12.4. The van der Waals surface area contributed by atoms with Crippen LogP contribution in [0.1, 0.15) is 18.9 Å². The molecule has 4 heteroatoms. The number of nitrogens with zero attached hydrogens (tertiary/aromatic N) is 1. The summed E-state index contributed by atoms with van der Waals surface area (Å²) in [7, 11) is 0. The molecule has 0 saturated carbocycles. The van der Waals surface area contributed by atoms with Gasteiger partial charge in [0, 0.05) is 28.5 Å². The number of halogens is 3. The van der Waals surface area contributed by atoms with Crippen LogP contribution in [0.2, 0.25) is 5.02 Å². The van der Waals surface area contributed by atoms with Gasteiger partial charge in [-0.2, -0.15) is 0 Å². The highest BCUT2D eigenvalue weighted by Crippen LogP contribution is 2.25. The number of hydrogen-bond acceptors (Lipinski definition) is 1. The molecule has 0 N–H and O–H groups in total. The molecule has 2 rings (SSSR count). The van der Waals surface area contributed by atoms with Crippen molar-refractivity contribution in [1.82, 2.24) is 4.90 Å². The third kappa shape index (κ3) is 3.43. The highest BCUT2D eigenvalue weighted by atomic mass is 79.9. The third-order valence-electron chi connectivity index (χ3n) is 3.35. The second-order valence-electron chi connectivity index (χ2n) is 4.75. The van der Waals surface area contributed by atoms with Gasteiger partial charge in [-0.15, -0.1) is 0 Å². The van der Waals surface area contributed by atoms with Crippen molar-refractivity contribution in [2.45, 2.75) is 24.7 Å². The van der Waals surface area contributed by atoms with E-state index in [1.165, 1.54) is 6.07 Å². The first-order valence-corrected chi connectivity index (χ1v) is 7.16. The number of likely N-dealkylation sites (tertiary alicyclic amines) is 1. The fourth-order valence-electron chi connectivity index (χ4n) is 2.13. The van der Waals surface area contributed by atoms with Crippen LogP contribution in [0.15, 0.2) is 18.2 Å². The lowest BCUT2D eigenvalue weighted by molar-refractivity contribution is 0.192. The molecular weight excluding hydrogens is 305 g/mol. The van der Waals surface area contributed by atoms with Crippen LogP contribution >= 0.6 is 27.5 Å². The summed E-state index contributed by atoms with van der Waals surface area (Å²) in [6.45, 7) is 4.88. The first kappa shape index (κ1) is 13.3. The highest BCUT2D eigenvalue weighted by Gasteiger charge is 2.24.